The number of phosphoric acid groups is 2. The minimum atomic E-state index is -4.05. The number of hydrogen-bond donors (Lipinski definition) is 1. The van der Waals surface area contributed by atoms with Crippen LogP contribution in [-0.4, -0.2) is 34.5 Å². The summed E-state index contributed by atoms with van der Waals surface area (Å²) in [5, 5.41) is 0. The summed E-state index contributed by atoms with van der Waals surface area (Å²) in [4.78, 5) is 0. The Hall–Kier alpha value is -0.300. The lowest BCUT2D eigenvalue weighted by Crippen LogP contribution is -2.00. The molecule has 0 bridgehead atoms. The summed E-state index contributed by atoms with van der Waals surface area (Å²) >= 11 is 0. The minimum Gasteiger partial charge on any atom is -0.330 e. The lowest BCUT2D eigenvalue weighted by atomic mass is 10.1. The van der Waals surface area contributed by atoms with E-state index >= 15 is 0 Å². The highest BCUT2D eigenvalue weighted by atomic mass is 31.3. The normalized spacial score (nSPS) is 16.1. The molecule has 0 saturated heterocycles. The average molecular weight is 399 g/mol. The van der Waals surface area contributed by atoms with Crippen molar-refractivity contribution in [1.29, 1.82) is 0 Å². The third-order valence-electron chi connectivity index (χ3n) is 3.34. The summed E-state index contributed by atoms with van der Waals surface area (Å²) in [6.07, 6.45) is 7.70. The van der Waals surface area contributed by atoms with Crippen LogP contribution in [0.1, 0.15) is 39.5 Å². The molecule has 0 aromatic rings. The van der Waals surface area contributed by atoms with Crippen molar-refractivity contribution in [2.24, 2.45) is 5.73 Å². The molecule has 0 amide bonds. The van der Waals surface area contributed by atoms with Gasteiger partial charge in [-0.2, -0.15) is 4.31 Å². The molecule has 148 valence electrons. The van der Waals surface area contributed by atoms with Crippen molar-refractivity contribution in [3.63, 3.8) is 0 Å². The smallest absolute Gasteiger partial charge is 0.330 e. The van der Waals surface area contributed by atoms with Crippen LogP contribution < -0.4 is 5.73 Å². The molecule has 0 rings (SSSR count). The molecule has 0 aromatic carbocycles. The Morgan fingerprint density at radius 1 is 0.920 bits per heavy atom. The van der Waals surface area contributed by atoms with E-state index in [-0.39, 0.29) is 6.61 Å². The number of allylic oxidation sites excluding steroid dienone is 3. The summed E-state index contributed by atoms with van der Waals surface area (Å²) in [6, 6.07) is 0. The van der Waals surface area contributed by atoms with E-state index in [9.17, 15) is 9.13 Å². The van der Waals surface area contributed by atoms with E-state index in [1.165, 1.54) is 5.57 Å². The Balaban J connectivity index is 4.46. The van der Waals surface area contributed by atoms with Gasteiger partial charge >= 0.3 is 15.6 Å². The quantitative estimate of drug-likeness (QED) is 0.334. The van der Waals surface area contributed by atoms with Crippen molar-refractivity contribution < 1.29 is 31.5 Å². The van der Waals surface area contributed by atoms with E-state index in [2.05, 4.69) is 22.0 Å². The van der Waals surface area contributed by atoms with Crippen LogP contribution in [0.3, 0.4) is 0 Å². The van der Waals surface area contributed by atoms with Crippen LogP contribution in [0.5, 0.6) is 0 Å². The zero-order chi connectivity index (χ0) is 19.3. The third kappa shape index (κ3) is 11.1. The molecule has 2 N–H and O–H groups in total. The van der Waals surface area contributed by atoms with Crippen molar-refractivity contribution in [3.8, 4) is 0 Å². The van der Waals surface area contributed by atoms with Crippen molar-refractivity contribution in [1.82, 2.24) is 0 Å². The molecule has 0 aliphatic rings. The van der Waals surface area contributed by atoms with Gasteiger partial charge in [-0.05, 0) is 46.1 Å². The molecule has 25 heavy (non-hydrogen) atoms. The number of nitrogens with two attached hydrogens (primary N) is 1. The van der Waals surface area contributed by atoms with Gasteiger partial charge in [0.15, 0.2) is 0 Å². The second-order valence-corrected chi connectivity index (χ2v) is 9.15. The molecule has 0 saturated carbocycles. The molecule has 0 aliphatic carbocycles. The summed E-state index contributed by atoms with van der Waals surface area (Å²) in [7, 11) is -4.67. The summed E-state index contributed by atoms with van der Waals surface area (Å²) in [5.74, 6) is 0. The fourth-order valence-corrected chi connectivity index (χ4v) is 4.26. The van der Waals surface area contributed by atoms with Gasteiger partial charge < -0.3 is 5.73 Å². The van der Waals surface area contributed by atoms with Crippen molar-refractivity contribution in [2.75, 3.05) is 34.5 Å². The van der Waals surface area contributed by atoms with E-state index in [4.69, 9.17) is 19.1 Å². The molecule has 0 fully saturated rings. The van der Waals surface area contributed by atoms with Crippen LogP contribution in [-0.2, 0) is 31.5 Å². The first kappa shape index (κ1) is 24.7. The Bertz CT molecular complexity index is 526. The summed E-state index contributed by atoms with van der Waals surface area (Å²) in [6.45, 7) is 4.72. The standard InChI is InChI=1S/C15H31NO7P2/c1-14(10-7-12-16)8-6-9-15(2)11-13-22-25(18,21-5)23-24(17,19-3)20-4/h8,11H,6-7,9-10,12-13,16H2,1-5H3/b14-8+,15-11+. The first-order chi connectivity index (χ1) is 11.7. The first-order valence-corrected chi connectivity index (χ1v) is 10.9. The molecule has 0 aromatic heterocycles. The molecule has 1 atom stereocenters. The molecule has 0 radical (unpaired) electrons. The van der Waals surface area contributed by atoms with Crippen LogP contribution in [0.25, 0.3) is 0 Å². The topological polar surface area (TPSA) is 106 Å². The second-order valence-electron chi connectivity index (χ2n) is 5.35. The van der Waals surface area contributed by atoms with Gasteiger partial charge in [-0.15, -0.1) is 0 Å². The number of rotatable bonds is 14. The lowest BCUT2D eigenvalue weighted by molar-refractivity contribution is 0.150. The van der Waals surface area contributed by atoms with Crippen molar-refractivity contribution in [3.05, 3.63) is 23.3 Å². The highest BCUT2D eigenvalue weighted by Crippen LogP contribution is 2.64. The van der Waals surface area contributed by atoms with Gasteiger partial charge in [0.2, 0.25) is 0 Å². The zero-order valence-electron chi connectivity index (χ0n) is 15.7. The highest BCUT2D eigenvalue weighted by molar-refractivity contribution is 7.62. The maximum absolute atomic E-state index is 12.3. The molecule has 0 heterocycles. The Morgan fingerprint density at radius 3 is 2.00 bits per heavy atom. The van der Waals surface area contributed by atoms with E-state index in [0.29, 0.717) is 6.54 Å². The van der Waals surface area contributed by atoms with Gasteiger partial charge in [-0.1, -0.05) is 23.3 Å². The van der Waals surface area contributed by atoms with Crippen molar-refractivity contribution >= 4 is 15.6 Å². The first-order valence-electron chi connectivity index (χ1n) is 7.98. The van der Waals surface area contributed by atoms with Gasteiger partial charge in [-0.25, -0.2) is 9.13 Å². The Morgan fingerprint density at radius 2 is 1.48 bits per heavy atom. The van der Waals surface area contributed by atoms with E-state index in [0.717, 1.165) is 52.6 Å². The van der Waals surface area contributed by atoms with Crippen LogP contribution in [0.2, 0.25) is 0 Å². The van der Waals surface area contributed by atoms with Crippen molar-refractivity contribution in [2.45, 2.75) is 39.5 Å². The Kier molecular flexibility index (Phi) is 12.8. The van der Waals surface area contributed by atoms with Gasteiger partial charge in [0, 0.05) is 21.3 Å². The minimum absolute atomic E-state index is 0.0136. The number of hydrogen-bond acceptors (Lipinski definition) is 8. The fourth-order valence-electron chi connectivity index (χ4n) is 1.78. The average Bonchev–Trinajstić information content (AvgIpc) is 2.59. The van der Waals surface area contributed by atoms with Crippen LogP contribution >= 0.6 is 15.6 Å². The van der Waals surface area contributed by atoms with Gasteiger partial charge in [-0.3, -0.25) is 18.1 Å². The number of phosphoric ester groups is 2. The fraction of sp³-hybridized carbons (Fsp3) is 0.733. The van der Waals surface area contributed by atoms with Gasteiger partial charge in [0.05, 0.1) is 6.61 Å². The molecule has 0 aliphatic heterocycles. The monoisotopic (exact) mass is 399 g/mol. The Labute approximate surface area is 150 Å². The SMILES string of the molecule is COP(=O)(OC)OP(=O)(OC)OC/C=C(\C)CC/C=C(\C)CCCN. The zero-order valence-corrected chi connectivity index (χ0v) is 17.5. The van der Waals surface area contributed by atoms with Crippen LogP contribution in [0, 0.1) is 0 Å². The summed E-state index contributed by atoms with van der Waals surface area (Å²) in [5.41, 5.74) is 7.87. The van der Waals surface area contributed by atoms with E-state index in [1.54, 1.807) is 6.08 Å². The largest absolute Gasteiger partial charge is 0.483 e. The van der Waals surface area contributed by atoms with E-state index < -0.39 is 15.6 Å². The second kappa shape index (κ2) is 13.0. The van der Waals surface area contributed by atoms with Crippen LogP contribution in [0.15, 0.2) is 23.3 Å². The highest BCUT2D eigenvalue weighted by Gasteiger charge is 2.38. The molecular weight excluding hydrogens is 368 g/mol. The molecule has 8 nitrogen and oxygen atoms in total. The maximum Gasteiger partial charge on any atom is 0.483 e. The maximum atomic E-state index is 12.3. The third-order valence-corrected chi connectivity index (χ3v) is 6.75. The van der Waals surface area contributed by atoms with Gasteiger partial charge in [0.1, 0.15) is 0 Å². The molecular formula is C15H31NO7P2. The predicted octanol–water partition coefficient (Wildman–Crippen LogP) is 4.59. The van der Waals surface area contributed by atoms with Gasteiger partial charge in [0.25, 0.3) is 0 Å². The molecule has 10 heteroatoms. The van der Waals surface area contributed by atoms with E-state index in [1.807, 2.05) is 6.92 Å². The molecule has 0 spiro atoms. The summed E-state index contributed by atoms with van der Waals surface area (Å²) < 4.78 is 47.8. The lowest BCUT2D eigenvalue weighted by Gasteiger charge is -2.19. The molecule has 1 unspecified atom stereocenters. The van der Waals surface area contributed by atoms with Crippen LogP contribution in [0.4, 0.5) is 0 Å². The predicted molar refractivity (Wildman–Crippen MR) is 98.3 cm³/mol.